The lowest BCUT2D eigenvalue weighted by Crippen LogP contribution is -2.37. The van der Waals surface area contributed by atoms with E-state index in [-0.39, 0.29) is 0 Å². The Labute approximate surface area is 112 Å². The third-order valence-electron chi connectivity index (χ3n) is 4.48. The molecule has 18 heavy (non-hydrogen) atoms. The highest BCUT2D eigenvalue weighted by atomic mass is 14.9. The van der Waals surface area contributed by atoms with Crippen molar-refractivity contribution in [3.63, 3.8) is 0 Å². The molecule has 2 rings (SSSR count). The largest absolute Gasteiger partial charge is 0.310 e. The van der Waals surface area contributed by atoms with Crippen molar-refractivity contribution < 1.29 is 0 Å². The molecular formula is C17H27N. The van der Waals surface area contributed by atoms with Gasteiger partial charge < -0.3 is 5.32 Å². The molecule has 1 aliphatic rings. The topological polar surface area (TPSA) is 12.0 Å². The molecule has 1 saturated carbocycles. The summed E-state index contributed by atoms with van der Waals surface area (Å²) in [6.45, 7) is 7.93. The van der Waals surface area contributed by atoms with Gasteiger partial charge in [-0.15, -0.1) is 0 Å². The number of nitrogens with one attached hydrogen (secondary N) is 1. The molecule has 1 aliphatic carbocycles. The van der Waals surface area contributed by atoms with Gasteiger partial charge >= 0.3 is 0 Å². The van der Waals surface area contributed by atoms with Gasteiger partial charge in [0.05, 0.1) is 0 Å². The summed E-state index contributed by atoms with van der Waals surface area (Å²) in [6.07, 6.45) is 6.92. The molecule has 1 nitrogen and oxygen atoms in total. The molecule has 1 aromatic carbocycles. The zero-order valence-electron chi connectivity index (χ0n) is 12.1. The molecule has 1 aromatic rings. The van der Waals surface area contributed by atoms with E-state index in [0.717, 1.165) is 6.54 Å². The minimum atomic E-state index is 0.433. The van der Waals surface area contributed by atoms with Gasteiger partial charge in [-0.3, -0.25) is 0 Å². The van der Waals surface area contributed by atoms with Crippen LogP contribution >= 0.6 is 0 Å². The van der Waals surface area contributed by atoms with Crippen LogP contribution in [-0.2, 0) is 0 Å². The van der Waals surface area contributed by atoms with Crippen molar-refractivity contribution in [3.8, 4) is 0 Å². The Morgan fingerprint density at radius 3 is 2.56 bits per heavy atom. The van der Waals surface area contributed by atoms with Crippen LogP contribution in [-0.4, -0.2) is 6.54 Å². The quantitative estimate of drug-likeness (QED) is 0.816. The first-order chi connectivity index (χ1) is 8.65. The summed E-state index contributed by atoms with van der Waals surface area (Å²) in [5.41, 5.74) is 3.28. The Morgan fingerprint density at radius 2 is 1.94 bits per heavy atom. The lowest BCUT2D eigenvalue weighted by atomic mass is 9.68. The SMILES string of the molecule is CCNC(c1cccc(C)c1)C1(C)CCCCC1. The summed E-state index contributed by atoms with van der Waals surface area (Å²) in [4.78, 5) is 0. The molecule has 0 amide bonds. The zero-order chi connectivity index (χ0) is 13.0. The van der Waals surface area contributed by atoms with E-state index in [4.69, 9.17) is 0 Å². The van der Waals surface area contributed by atoms with Gasteiger partial charge in [-0.25, -0.2) is 0 Å². The predicted molar refractivity (Wildman–Crippen MR) is 78.8 cm³/mol. The van der Waals surface area contributed by atoms with E-state index in [2.05, 4.69) is 50.4 Å². The van der Waals surface area contributed by atoms with Crippen LogP contribution in [0.25, 0.3) is 0 Å². The molecule has 1 unspecified atom stereocenters. The van der Waals surface area contributed by atoms with E-state index in [1.54, 1.807) is 0 Å². The standard InChI is InChI=1S/C17H27N/c1-4-18-16(15-10-8-9-14(2)13-15)17(3)11-6-5-7-12-17/h8-10,13,16,18H,4-7,11-12H2,1-3H3. The Balaban J connectivity index is 2.26. The van der Waals surface area contributed by atoms with Gasteiger partial charge in [-0.05, 0) is 37.3 Å². The second-order valence-electron chi connectivity index (χ2n) is 6.12. The summed E-state index contributed by atoms with van der Waals surface area (Å²) in [5.74, 6) is 0. The highest BCUT2D eigenvalue weighted by Crippen LogP contribution is 2.45. The molecule has 0 aromatic heterocycles. The molecular weight excluding hydrogens is 218 g/mol. The molecule has 1 fully saturated rings. The minimum Gasteiger partial charge on any atom is -0.310 e. The monoisotopic (exact) mass is 245 g/mol. The van der Waals surface area contributed by atoms with E-state index in [9.17, 15) is 0 Å². The Morgan fingerprint density at radius 1 is 1.22 bits per heavy atom. The highest BCUT2D eigenvalue weighted by molar-refractivity contribution is 5.26. The molecule has 0 spiro atoms. The second kappa shape index (κ2) is 5.88. The van der Waals surface area contributed by atoms with E-state index >= 15 is 0 Å². The van der Waals surface area contributed by atoms with Crippen LogP contribution in [0.15, 0.2) is 24.3 Å². The van der Waals surface area contributed by atoms with Crippen LogP contribution in [0.2, 0.25) is 0 Å². The van der Waals surface area contributed by atoms with E-state index in [0.29, 0.717) is 11.5 Å². The van der Waals surface area contributed by atoms with Gasteiger partial charge in [0.2, 0.25) is 0 Å². The molecule has 0 radical (unpaired) electrons. The Kier molecular flexibility index (Phi) is 4.45. The van der Waals surface area contributed by atoms with Crippen LogP contribution in [0.1, 0.15) is 63.1 Å². The van der Waals surface area contributed by atoms with Gasteiger partial charge in [-0.2, -0.15) is 0 Å². The van der Waals surface area contributed by atoms with Crippen LogP contribution in [0.4, 0.5) is 0 Å². The number of rotatable bonds is 4. The van der Waals surface area contributed by atoms with Crippen molar-refractivity contribution in [1.82, 2.24) is 5.32 Å². The van der Waals surface area contributed by atoms with E-state index < -0.39 is 0 Å². The minimum absolute atomic E-state index is 0.433. The van der Waals surface area contributed by atoms with Gasteiger partial charge in [0, 0.05) is 6.04 Å². The third kappa shape index (κ3) is 2.95. The second-order valence-corrected chi connectivity index (χ2v) is 6.12. The Bertz CT molecular complexity index is 377. The van der Waals surface area contributed by atoms with Gasteiger partial charge in [-0.1, -0.05) is 62.9 Å². The number of hydrogen-bond acceptors (Lipinski definition) is 1. The smallest absolute Gasteiger partial charge is 0.0374 e. The van der Waals surface area contributed by atoms with Crippen molar-refractivity contribution in [2.75, 3.05) is 6.54 Å². The van der Waals surface area contributed by atoms with Crippen molar-refractivity contribution in [3.05, 3.63) is 35.4 Å². The first kappa shape index (κ1) is 13.6. The van der Waals surface area contributed by atoms with Gasteiger partial charge in [0.25, 0.3) is 0 Å². The Hall–Kier alpha value is -0.820. The molecule has 1 N–H and O–H groups in total. The van der Waals surface area contributed by atoms with Crippen LogP contribution < -0.4 is 5.32 Å². The molecule has 0 bridgehead atoms. The average molecular weight is 245 g/mol. The zero-order valence-corrected chi connectivity index (χ0v) is 12.1. The molecule has 0 heterocycles. The van der Waals surface area contributed by atoms with Crippen LogP contribution in [0.5, 0.6) is 0 Å². The van der Waals surface area contributed by atoms with Gasteiger partial charge in [0.1, 0.15) is 0 Å². The van der Waals surface area contributed by atoms with Crippen LogP contribution in [0, 0.1) is 12.3 Å². The normalized spacial score (nSPS) is 20.6. The average Bonchev–Trinajstić information content (AvgIpc) is 2.36. The summed E-state index contributed by atoms with van der Waals surface area (Å²) < 4.78 is 0. The number of benzene rings is 1. The molecule has 1 heteroatoms. The van der Waals surface area contributed by atoms with Crippen molar-refractivity contribution in [1.29, 1.82) is 0 Å². The van der Waals surface area contributed by atoms with Gasteiger partial charge in [0.15, 0.2) is 0 Å². The summed E-state index contributed by atoms with van der Waals surface area (Å²) in [5, 5.41) is 3.74. The molecule has 100 valence electrons. The summed E-state index contributed by atoms with van der Waals surface area (Å²) in [6, 6.07) is 9.55. The fourth-order valence-electron chi connectivity index (χ4n) is 3.47. The third-order valence-corrected chi connectivity index (χ3v) is 4.48. The lowest BCUT2D eigenvalue weighted by molar-refractivity contribution is 0.146. The first-order valence-corrected chi connectivity index (χ1v) is 7.46. The number of hydrogen-bond donors (Lipinski definition) is 1. The van der Waals surface area contributed by atoms with E-state index in [1.807, 2.05) is 0 Å². The van der Waals surface area contributed by atoms with E-state index in [1.165, 1.54) is 43.2 Å². The fourth-order valence-corrected chi connectivity index (χ4v) is 3.47. The fraction of sp³-hybridized carbons (Fsp3) is 0.647. The predicted octanol–water partition coefficient (Wildman–Crippen LogP) is 4.62. The first-order valence-electron chi connectivity index (χ1n) is 7.46. The number of aryl methyl sites for hydroxylation is 1. The highest BCUT2D eigenvalue weighted by Gasteiger charge is 2.35. The maximum atomic E-state index is 3.74. The maximum absolute atomic E-state index is 3.74. The molecule has 0 saturated heterocycles. The van der Waals surface area contributed by atoms with Crippen molar-refractivity contribution in [2.45, 2.75) is 58.9 Å². The molecule has 1 atom stereocenters. The van der Waals surface area contributed by atoms with Crippen molar-refractivity contribution in [2.24, 2.45) is 5.41 Å². The molecule has 0 aliphatic heterocycles. The maximum Gasteiger partial charge on any atom is 0.0374 e. The van der Waals surface area contributed by atoms with Crippen molar-refractivity contribution >= 4 is 0 Å². The summed E-state index contributed by atoms with van der Waals surface area (Å²) >= 11 is 0. The van der Waals surface area contributed by atoms with Crippen LogP contribution in [0.3, 0.4) is 0 Å². The summed E-state index contributed by atoms with van der Waals surface area (Å²) in [7, 11) is 0. The lowest BCUT2D eigenvalue weighted by Gasteiger charge is -2.41.